The largest absolute Gasteiger partial charge is 0.476 e. The lowest BCUT2D eigenvalue weighted by Crippen LogP contribution is -2.16. The second kappa shape index (κ2) is 7.29. The van der Waals surface area contributed by atoms with E-state index in [0.717, 1.165) is 19.5 Å². The van der Waals surface area contributed by atoms with E-state index in [0.29, 0.717) is 23.5 Å². The number of ether oxygens (including phenoxy) is 1. The Labute approximate surface area is 107 Å². The quantitative estimate of drug-likeness (QED) is 0.757. The van der Waals surface area contributed by atoms with Crippen molar-refractivity contribution >= 4 is 17.5 Å². The molecule has 0 saturated heterocycles. The average Bonchev–Trinajstić information content (AvgIpc) is 2.28. The molecular weight excluding hydrogens is 240 g/mol. The highest BCUT2D eigenvalue weighted by Crippen LogP contribution is 2.21. The maximum Gasteiger partial charge on any atom is 0.237 e. The fraction of sp³-hybridized carbons (Fsp3) is 0.636. The summed E-state index contributed by atoms with van der Waals surface area (Å²) in [6, 6.07) is 0. The number of aromatic nitrogens is 2. The van der Waals surface area contributed by atoms with E-state index >= 15 is 0 Å². The zero-order valence-corrected chi connectivity index (χ0v) is 11.3. The Hall–Kier alpha value is -1.07. The Balaban J connectivity index is 2.48. The molecule has 0 aliphatic heterocycles. The van der Waals surface area contributed by atoms with Gasteiger partial charge >= 0.3 is 0 Å². The zero-order chi connectivity index (χ0) is 12.7. The summed E-state index contributed by atoms with van der Waals surface area (Å²) in [6.45, 7) is 4.32. The third-order valence-corrected chi connectivity index (χ3v) is 2.29. The fourth-order valence-corrected chi connectivity index (χ4v) is 1.39. The van der Waals surface area contributed by atoms with Crippen LogP contribution in [0.25, 0.3) is 0 Å². The minimum absolute atomic E-state index is 0.441. The predicted octanol–water partition coefficient (Wildman–Crippen LogP) is 1.89. The molecule has 0 amide bonds. The van der Waals surface area contributed by atoms with Gasteiger partial charge < -0.3 is 15.0 Å². The Kier molecular flexibility index (Phi) is 6.00. The van der Waals surface area contributed by atoms with E-state index < -0.39 is 0 Å². The van der Waals surface area contributed by atoms with Gasteiger partial charge in [0.15, 0.2) is 0 Å². The first-order chi connectivity index (χ1) is 8.13. The molecule has 1 aromatic rings. The average molecular weight is 259 g/mol. The minimum atomic E-state index is 0.441. The summed E-state index contributed by atoms with van der Waals surface area (Å²) in [6.07, 6.45) is 2.48. The summed E-state index contributed by atoms with van der Waals surface area (Å²) in [5.74, 6) is 0.982. The number of hydrogen-bond donors (Lipinski definition) is 1. The number of anilines is 1. The highest BCUT2D eigenvalue weighted by Gasteiger charge is 2.06. The SMILES string of the molecule is CCNc1ncc(Cl)c(OCCCN(C)C)n1. The molecule has 5 nitrogen and oxygen atoms in total. The summed E-state index contributed by atoms with van der Waals surface area (Å²) in [5, 5.41) is 3.46. The van der Waals surface area contributed by atoms with Crippen LogP contribution in [0, 0.1) is 0 Å². The predicted molar refractivity (Wildman–Crippen MR) is 69.9 cm³/mol. The second-order valence-electron chi connectivity index (χ2n) is 3.88. The molecule has 1 rings (SSSR count). The van der Waals surface area contributed by atoms with Crippen molar-refractivity contribution in [1.82, 2.24) is 14.9 Å². The molecular formula is C11H19ClN4O. The first-order valence-electron chi connectivity index (χ1n) is 5.67. The van der Waals surface area contributed by atoms with Gasteiger partial charge in [0.05, 0.1) is 12.8 Å². The van der Waals surface area contributed by atoms with E-state index in [-0.39, 0.29) is 0 Å². The van der Waals surface area contributed by atoms with Gasteiger partial charge in [0.1, 0.15) is 5.02 Å². The van der Waals surface area contributed by atoms with Crippen LogP contribution in [0.4, 0.5) is 5.95 Å². The van der Waals surface area contributed by atoms with Crippen LogP contribution in [0.3, 0.4) is 0 Å². The number of nitrogens with zero attached hydrogens (tertiary/aromatic N) is 3. The van der Waals surface area contributed by atoms with Crippen molar-refractivity contribution in [3.63, 3.8) is 0 Å². The molecule has 0 saturated carbocycles. The van der Waals surface area contributed by atoms with Gasteiger partial charge in [-0.1, -0.05) is 11.6 Å². The molecule has 0 spiro atoms. The molecule has 6 heteroatoms. The molecule has 0 fully saturated rings. The van der Waals surface area contributed by atoms with Crippen LogP contribution in [0.1, 0.15) is 13.3 Å². The number of nitrogens with one attached hydrogen (secondary N) is 1. The van der Waals surface area contributed by atoms with Crippen molar-refractivity contribution in [2.75, 3.05) is 39.1 Å². The highest BCUT2D eigenvalue weighted by molar-refractivity contribution is 6.31. The van der Waals surface area contributed by atoms with E-state index in [2.05, 4.69) is 20.2 Å². The molecule has 0 unspecified atom stereocenters. The summed E-state index contributed by atoms with van der Waals surface area (Å²) in [4.78, 5) is 10.3. The van der Waals surface area contributed by atoms with Gasteiger partial charge in [-0.15, -0.1) is 0 Å². The molecule has 0 aliphatic carbocycles. The number of rotatable bonds is 7. The molecule has 0 aromatic carbocycles. The van der Waals surface area contributed by atoms with Crippen molar-refractivity contribution < 1.29 is 4.74 Å². The number of halogens is 1. The monoisotopic (exact) mass is 258 g/mol. The maximum atomic E-state index is 5.95. The first-order valence-corrected chi connectivity index (χ1v) is 6.05. The van der Waals surface area contributed by atoms with Gasteiger partial charge in [-0.25, -0.2) is 4.98 Å². The lowest BCUT2D eigenvalue weighted by molar-refractivity contribution is 0.273. The van der Waals surface area contributed by atoms with E-state index in [1.807, 2.05) is 21.0 Å². The molecule has 0 radical (unpaired) electrons. The highest BCUT2D eigenvalue weighted by atomic mass is 35.5. The molecule has 1 heterocycles. The van der Waals surface area contributed by atoms with Crippen molar-refractivity contribution in [1.29, 1.82) is 0 Å². The van der Waals surface area contributed by atoms with Crippen LogP contribution in [0.5, 0.6) is 5.88 Å². The number of hydrogen-bond acceptors (Lipinski definition) is 5. The summed E-state index contributed by atoms with van der Waals surface area (Å²) in [7, 11) is 4.06. The second-order valence-corrected chi connectivity index (χ2v) is 4.29. The summed E-state index contributed by atoms with van der Waals surface area (Å²) in [5.41, 5.74) is 0. The smallest absolute Gasteiger partial charge is 0.237 e. The van der Waals surface area contributed by atoms with Gasteiger partial charge in [0, 0.05) is 13.1 Å². The molecule has 1 N–H and O–H groups in total. The van der Waals surface area contributed by atoms with Crippen LogP contribution in [-0.4, -0.2) is 48.7 Å². The Morgan fingerprint density at radius 3 is 2.88 bits per heavy atom. The van der Waals surface area contributed by atoms with E-state index in [9.17, 15) is 0 Å². The van der Waals surface area contributed by atoms with Crippen LogP contribution in [-0.2, 0) is 0 Å². The molecule has 0 aliphatic rings. The van der Waals surface area contributed by atoms with Gasteiger partial charge in [-0.3, -0.25) is 0 Å². The van der Waals surface area contributed by atoms with Gasteiger partial charge in [0.2, 0.25) is 11.8 Å². The van der Waals surface area contributed by atoms with E-state index in [4.69, 9.17) is 16.3 Å². The maximum absolute atomic E-state index is 5.95. The van der Waals surface area contributed by atoms with Crippen molar-refractivity contribution in [2.45, 2.75) is 13.3 Å². The normalized spacial score (nSPS) is 10.6. The lowest BCUT2D eigenvalue weighted by atomic mass is 10.4. The standard InChI is InChI=1S/C11H19ClN4O/c1-4-13-11-14-8-9(12)10(15-11)17-7-5-6-16(2)3/h8H,4-7H2,1-3H3,(H,13,14,15). The summed E-state index contributed by atoms with van der Waals surface area (Å²) < 4.78 is 5.52. The van der Waals surface area contributed by atoms with Crippen LogP contribution >= 0.6 is 11.6 Å². The van der Waals surface area contributed by atoms with Crippen molar-refractivity contribution in [3.05, 3.63) is 11.2 Å². The molecule has 0 bridgehead atoms. The third-order valence-electron chi connectivity index (χ3n) is 2.04. The van der Waals surface area contributed by atoms with Gasteiger partial charge in [-0.2, -0.15) is 4.98 Å². The Morgan fingerprint density at radius 1 is 1.47 bits per heavy atom. The van der Waals surface area contributed by atoms with Crippen molar-refractivity contribution in [3.8, 4) is 5.88 Å². The molecule has 1 aromatic heterocycles. The Morgan fingerprint density at radius 2 is 2.24 bits per heavy atom. The molecule has 17 heavy (non-hydrogen) atoms. The fourth-order valence-electron chi connectivity index (χ4n) is 1.25. The Bertz CT molecular complexity index is 346. The first kappa shape index (κ1) is 14.0. The van der Waals surface area contributed by atoms with Crippen LogP contribution < -0.4 is 10.1 Å². The van der Waals surface area contributed by atoms with E-state index in [1.165, 1.54) is 0 Å². The van der Waals surface area contributed by atoms with Crippen molar-refractivity contribution in [2.24, 2.45) is 0 Å². The van der Waals surface area contributed by atoms with Gasteiger partial charge in [-0.05, 0) is 27.4 Å². The van der Waals surface area contributed by atoms with E-state index in [1.54, 1.807) is 6.20 Å². The zero-order valence-electron chi connectivity index (χ0n) is 10.5. The molecule has 0 atom stereocenters. The van der Waals surface area contributed by atoms with Gasteiger partial charge in [0.25, 0.3) is 0 Å². The topological polar surface area (TPSA) is 50.3 Å². The van der Waals surface area contributed by atoms with Crippen LogP contribution in [0.2, 0.25) is 5.02 Å². The lowest BCUT2D eigenvalue weighted by Gasteiger charge is -2.11. The summed E-state index contributed by atoms with van der Waals surface area (Å²) >= 11 is 5.95. The minimum Gasteiger partial charge on any atom is -0.476 e. The third kappa shape index (κ3) is 5.19. The van der Waals surface area contributed by atoms with Crippen LogP contribution in [0.15, 0.2) is 6.20 Å². The molecule has 96 valence electrons.